The highest BCUT2D eigenvalue weighted by atomic mass is 16.3. The lowest BCUT2D eigenvalue weighted by molar-refractivity contribution is -0.121. The monoisotopic (exact) mass is 254 g/mol. The molecule has 0 radical (unpaired) electrons. The maximum atomic E-state index is 11.3. The molecule has 98 valence electrons. The van der Waals surface area contributed by atoms with Crippen molar-refractivity contribution in [2.24, 2.45) is 5.10 Å². The van der Waals surface area contributed by atoms with Gasteiger partial charge in [0.1, 0.15) is 5.56 Å². The Morgan fingerprint density at radius 1 is 1.44 bits per heavy atom. The molecule has 0 fully saturated rings. The molecule has 8 heteroatoms. The van der Waals surface area contributed by atoms with Crippen molar-refractivity contribution in [2.45, 2.75) is 26.2 Å². The summed E-state index contributed by atoms with van der Waals surface area (Å²) in [6, 6.07) is 0. The van der Waals surface area contributed by atoms with E-state index in [1.807, 2.05) is 16.9 Å². The highest BCUT2D eigenvalue weighted by Crippen LogP contribution is 2.00. The minimum Gasteiger partial charge on any atom is -0.494 e. The summed E-state index contributed by atoms with van der Waals surface area (Å²) in [6.07, 6.45) is 2.93. The van der Waals surface area contributed by atoms with Crippen molar-refractivity contribution >= 4 is 12.1 Å². The number of hydrogen-bond acceptors (Lipinski definition) is 5. The normalized spacial score (nSPS) is 10.7. The Labute approximate surface area is 102 Å². The summed E-state index contributed by atoms with van der Waals surface area (Å²) >= 11 is 0. The zero-order valence-electron chi connectivity index (χ0n) is 9.82. The van der Waals surface area contributed by atoms with Gasteiger partial charge in [0, 0.05) is 6.42 Å². The van der Waals surface area contributed by atoms with Crippen molar-refractivity contribution in [3.63, 3.8) is 0 Å². The summed E-state index contributed by atoms with van der Waals surface area (Å²) in [5.74, 6) is -0.885. The van der Waals surface area contributed by atoms with Crippen molar-refractivity contribution in [1.29, 1.82) is 0 Å². The summed E-state index contributed by atoms with van der Waals surface area (Å²) in [6.45, 7) is 1.95. The zero-order chi connectivity index (χ0) is 13.5. The average Bonchev–Trinajstić information content (AvgIpc) is 2.29. The van der Waals surface area contributed by atoms with Crippen molar-refractivity contribution in [1.82, 2.24) is 15.4 Å². The number of aromatic nitrogens is 2. The topological polar surface area (TPSA) is 127 Å². The van der Waals surface area contributed by atoms with Gasteiger partial charge in [-0.2, -0.15) is 5.10 Å². The largest absolute Gasteiger partial charge is 0.494 e. The molecule has 0 aliphatic rings. The van der Waals surface area contributed by atoms with Crippen LogP contribution in [0.2, 0.25) is 0 Å². The number of carbonyl (C=O) groups is 1. The Balaban J connectivity index is 2.71. The van der Waals surface area contributed by atoms with E-state index in [-0.39, 0.29) is 11.5 Å². The van der Waals surface area contributed by atoms with Gasteiger partial charge in [-0.15, -0.1) is 0 Å². The van der Waals surface area contributed by atoms with E-state index in [0.29, 0.717) is 6.42 Å². The highest BCUT2D eigenvalue weighted by molar-refractivity contribution is 5.83. The van der Waals surface area contributed by atoms with Gasteiger partial charge < -0.3 is 5.11 Å². The molecule has 0 aromatic carbocycles. The zero-order valence-corrected chi connectivity index (χ0v) is 9.82. The first-order valence-corrected chi connectivity index (χ1v) is 5.42. The minimum atomic E-state index is -0.818. The lowest BCUT2D eigenvalue weighted by Crippen LogP contribution is -2.25. The third-order valence-electron chi connectivity index (χ3n) is 2.10. The number of rotatable bonds is 5. The SMILES string of the molecule is CCCCC(=O)N/N=C/c1c(O)[nH]c(=O)[nH]c1=O. The number of unbranched alkanes of at least 4 members (excludes halogenated alkanes) is 1. The van der Waals surface area contributed by atoms with Gasteiger partial charge in [0.05, 0.1) is 6.21 Å². The van der Waals surface area contributed by atoms with E-state index in [1.165, 1.54) is 0 Å². The molecule has 0 aliphatic heterocycles. The molecule has 0 atom stereocenters. The van der Waals surface area contributed by atoms with E-state index in [1.54, 1.807) is 0 Å². The van der Waals surface area contributed by atoms with Gasteiger partial charge in [-0.1, -0.05) is 13.3 Å². The first-order valence-electron chi connectivity index (χ1n) is 5.42. The van der Waals surface area contributed by atoms with E-state index < -0.39 is 17.1 Å². The van der Waals surface area contributed by atoms with Crippen LogP contribution in [-0.4, -0.2) is 27.2 Å². The predicted molar refractivity (Wildman–Crippen MR) is 64.6 cm³/mol. The molecule has 1 amide bonds. The van der Waals surface area contributed by atoms with Crippen LogP contribution in [0.15, 0.2) is 14.7 Å². The number of hydrazone groups is 1. The van der Waals surface area contributed by atoms with E-state index in [2.05, 4.69) is 10.5 Å². The fraction of sp³-hybridized carbons (Fsp3) is 0.400. The van der Waals surface area contributed by atoms with Crippen LogP contribution in [0, 0.1) is 0 Å². The smallest absolute Gasteiger partial charge is 0.328 e. The van der Waals surface area contributed by atoms with E-state index in [4.69, 9.17) is 0 Å². The second-order valence-corrected chi connectivity index (χ2v) is 3.57. The first-order chi connectivity index (χ1) is 8.54. The van der Waals surface area contributed by atoms with Crippen molar-refractivity contribution < 1.29 is 9.90 Å². The molecule has 1 heterocycles. The average molecular weight is 254 g/mol. The molecule has 0 unspecified atom stereocenters. The molecular formula is C10H14N4O4. The molecule has 1 aromatic rings. The third-order valence-corrected chi connectivity index (χ3v) is 2.10. The highest BCUT2D eigenvalue weighted by Gasteiger charge is 2.05. The van der Waals surface area contributed by atoms with Crippen molar-refractivity contribution in [3.05, 3.63) is 26.4 Å². The van der Waals surface area contributed by atoms with Gasteiger partial charge in [0.2, 0.25) is 11.8 Å². The molecule has 0 saturated heterocycles. The second-order valence-electron chi connectivity index (χ2n) is 3.57. The fourth-order valence-electron chi connectivity index (χ4n) is 1.17. The van der Waals surface area contributed by atoms with Crippen molar-refractivity contribution in [2.75, 3.05) is 0 Å². The summed E-state index contributed by atoms with van der Waals surface area (Å²) < 4.78 is 0. The third kappa shape index (κ3) is 3.89. The van der Waals surface area contributed by atoms with Crippen LogP contribution in [0.1, 0.15) is 31.7 Å². The number of nitrogens with zero attached hydrogens (tertiary/aromatic N) is 1. The van der Waals surface area contributed by atoms with Gasteiger partial charge >= 0.3 is 5.69 Å². The summed E-state index contributed by atoms with van der Waals surface area (Å²) in [5, 5.41) is 12.8. The lowest BCUT2D eigenvalue weighted by Gasteiger charge is -1.98. The Morgan fingerprint density at radius 2 is 2.17 bits per heavy atom. The van der Waals surface area contributed by atoms with Crippen LogP contribution in [0.25, 0.3) is 0 Å². The number of nitrogens with one attached hydrogen (secondary N) is 3. The Kier molecular flexibility index (Phi) is 4.85. The number of hydrogen-bond donors (Lipinski definition) is 4. The molecule has 18 heavy (non-hydrogen) atoms. The second kappa shape index (κ2) is 6.38. The maximum absolute atomic E-state index is 11.3. The fourth-order valence-corrected chi connectivity index (χ4v) is 1.17. The molecule has 0 bridgehead atoms. The molecule has 1 aromatic heterocycles. The molecule has 8 nitrogen and oxygen atoms in total. The number of H-pyrrole nitrogens is 2. The predicted octanol–water partition coefficient (Wildman–Crippen LogP) is -0.591. The van der Waals surface area contributed by atoms with Crippen LogP contribution >= 0.6 is 0 Å². The number of amides is 1. The Morgan fingerprint density at radius 3 is 2.78 bits per heavy atom. The molecule has 0 spiro atoms. The molecule has 4 N–H and O–H groups in total. The molecular weight excluding hydrogens is 240 g/mol. The van der Waals surface area contributed by atoms with Crippen LogP contribution in [0.5, 0.6) is 5.88 Å². The molecule has 1 rings (SSSR count). The van der Waals surface area contributed by atoms with Gasteiger partial charge in [0.25, 0.3) is 5.56 Å². The van der Waals surface area contributed by atoms with Crippen LogP contribution in [0.4, 0.5) is 0 Å². The van der Waals surface area contributed by atoms with E-state index in [9.17, 15) is 19.5 Å². The maximum Gasteiger partial charge on any atom is 0.328 e. The summed E-state index contributed by atoms with van der Waals surface area (Å²) in [5.41, 5.74) is 0.371. The first kappa shape index (κ1) is 13.7. The van der Waals surface area contributed by atoms with Crippen LogP contribution in [-0.2, 0) is 4.79 Å². The van der Waals surface area contributed by atoms with Gasteiger partial charge in [-0.3, -0.25) is 19.6 Å². The van der Waals surface area contributed by atoms with E-state index in [0.717, 1.165) is 19.1 Å². The number of carbonyl (C=O) groups excluding carboxylic acids is 1. The van der Waals surface area contributed by atoms with Crippen LogP contribution in [0.3, 0.4) is 0 Å². The van der Waals surface area contributed by atoms with Gasteiger partial charge in [-0.05, 0) is 6.42 Å². The van der Waals surface area contributed by atoms with Gasteiger partial charge in [-0.25, -0.2) is 10.2 Å². The van der Waals surface area contributed by atoms with E-state index >= 15 is 0 Å². The summed E-state index contributed by atoms with van der Waals surface area (Å²) in [7, 11) is 0. The Bertz CT molecular complexity index is 558. The Hall–Kier alpha value is -2.38. The van der Waals surface area contributed by atoms with Crippen LogP contribution < -0.4 is 16.7 Å². The lowest BCUT2D eigenvalue weighted by atomic mass is 10.2. The quantitative estimate of drug-likeness (QED) is 0.413. The summed E-state index contributed by atoms with van der Waals surface area (Å²) in [4.78, 5) is 37.1. The van der Waals surface area contributed by atoms with Crippen molar-refractivity contribution in [3.8, 4) is 5.88 Å². The standard InChI is InChI=1S/C10H14N4O4/c1-2-3-4-7(15)14-11-5-6-8(16)12-10(18)13-9(6)17/h5H,2-4H2,1H3,(H,14,15)(H3,12,13,16,17,18)/b11-5+. The molecule has 0 saturated carbocycles. The van der Waals surface area contributed by atoms with Gasteiger partial charge in [0.15, 0.2) is 0 Å². The number of aromatic amines is 2. The molecule has 0 aliphatic carbocycles. The minimum absolute atomic E-state index is 0.231. The number of aromatic hydroxyl groups is 1.